The summed E-state index contributed by atoms with van der Waals surface area (Å²) in [5.74, 6) is -1.94. The second-order valence-electron chi connectivity index (χ2n) is 19.5. The van der Waals surface area contributed by atoms with Gasteiger partial charge in [0, 0.05) is 90.3 Å². The Morgan fingerprint density at radius 3 is 0.911 bits per heavy atom. The highest BCUT2D eigenvalue weighted by molar-refractivity contribution is 5.91. The van der Waals surface area contributed by atoms with Crippen molar-refractivity contribution in [2.75, 3.05) is 68.0 Å². The van der Waals surface area contributed by atoms with E-state index in [4.69, 9.17) is 55.2 Å². The SMILES string of the molecule is [2H]C([2H])(Cc1cccc2ccc(OC([2H])([2H])[2H])cc12)NC(C)=O.[2H]C([2H])(Cc1cccc2ccc(OC)cc12)NC(C)=O.[2H]C([2H])([2H])C(=O)NC([2H])([2H])C([2H])([2H])c1cccc2ccc(OC)cc12.[2H]C([2H])([2H])C(=O)NCCc1cccc2ccc(OC)cc12.[2H]C([2H])([2H])Oc1ccc2cccc(CCNC(=O)C([2H])([2H])[2H])c2c1. The van der Waals surface area contributed by atoms with Crippen molar-refractivity contribution >= 4 is 83.4 Å². The first kappa shape index (κ1) is 42.7. The van der Waals surface area contributed by atoms with E-state index in [0.29, 0.717) is 40.3 Å². The fourth-order valence-electron chi connectivity index (χ4n) is 9.18. The molecular weight excluding hydrogens is 1130 g/mol. The lowest BCUT2D eigenvalue weighted by molar-refractivity contribution is -0.119. The van der Waals surface area contributed by atoms with Gasteiger partial charge in [-0.2, -0.15) is 0 Å². The zero-order valence-corrected chi connectivity index (χ0v) is 50.1. The summed E-state index contributed by atoms with van der Waals surface area (Å²) < 4.78 is 195. The van der Waals surface area contributed by atoms with Crippen LogP contribution in [0.3, 0.4) is 0 Å². The Bertz CT molecular complexity index is 4990. The molecule has 0 atom stereocenters. The van der Waals surface area contributed by atoms with Gasteiger partial charge in [0.05, 0.1) is 43.6 Å². The van der Waals surface area contributed by atoms with E-state index in [1.807, 2.05) is 97.1 Å². The third kappa shape index (κ3) is 21.9. The summed E-state index contributed by atoms with van der Waals surface area (Å²) in [6.45, 7) is -12.0. The molecule has 10 rings (SSSR count). The first-order chi connectivity index (χ1) is 52.3. The van der Waals surface area contributed by atoms with Gasteiger partial charge in [0.25, 0.3) is 0 Å². The van der Waals surface area contributed by atoms with Crippen LogP contribution in [0.25, 0.3) is 53.9 Å². The van der Waals surface area contributed by atoms with Crippen LogP contribution in [-0.2, 0) is 56.0 Å². The minimum atomic E-state index is -3.08. The van der Waals surface area contributed by atoms with Gasteiger partial charge in [0.2, 0.25) is 29.5 Å². The average Bonchev–Trinajstić information content (AvgIpc) is 0.753. The highest BCUT2D eigenvalue weighted by atomic mass is 16.5. The standard InChI is InChI=1S/5C15H17NO2/c5*1-11(17)16-9-8-13-5-3-4-12-6-7-14(18-2)10-15(12)13/h5*3-7,10H,8-9H2,1-2H3,(H,16,17)/i1D3,8D2,9D2;2D3,9D2;1D3,2D3;9D2;1D3. The maximum Gasteiger partial charge on any atom is 0.216 e. The molecule has 0 saturated heterocycles. The molecule has 0 saturated carbocycles. The van der Waals surface area contributed by atoms with Crippen molar-refractivity contribution in [1.29, 1.82) is 0 Å². The molecule has 470 valence electrons. The fourth-order valence-corrected chi connectivity index (χ4v) is 9.18. The molecule has 0 aliphatic carbocycles. The largest absolute Gasteiger partial charge is 0.497 e. The molecule has 0 fully saturated rings. The zero-order valence-electron chi connectivity index (χ0n) is 73.1. The number of nitrogens with one attached hydrogen (secondary N) is 5. The fraction of sp³-hybridized carbons (Fsp3) is 0.267. The highest BCUT2D eigenvalue weighted by Crippen LogP contribution is 2.29. The smallest absolute Gasteiger partial charge is 0.216 e. The molecule has 0 unspecified atom stereocenters. The van der Waals surface area contributed by atoms with E-state index in [-0.39, 0.29) is 48.9 Å². The number of rotatable bonds is 20. The van der Waals surface area contributed by atoms with E-state index in [1.54, 1.807) is 98.4 Å². The number of carbonyl (C=O) groups is 5. The molecule has 0 spiro atoms. The third-order valence-electron chi connectivity index (χ3n) is 13.4. The monoisotopic (exact) mass is 1240 g/mol. The molecule has 10 aromatic rings. The second kappa shape index (κ2) is 36.2. The molecule has 0 aliphatic heterocycles. The van der Waals surface area contributed by atoms with Gasteiger partial charge >= 0.3 is 0 Å². The Morgan fingerprint density at radius 1 is 0.333 bits per heavy atom. The molecule has 90 heavy (non-hydrogen) atoms. The Balaban J connectivity index is 0.000000220. The minimum absolute atomic E-state index is 0.0280. The summed E-state index contributed by atoms with van der Waals surface area (Å²) in [5.41, 5.74) is 3.35. The Labute approximate surface area is 561 Å². The van der Waals surface area contributed by atoms with E-state index in [9.17, 15) is 24.0 Å². The number of methoxy groups -OCH3 is 5. The van der Waals surface area contributed by atoms with Crippen LogP contribution >= 0.6 is 0 Å². The first-order valence-corrected chi connectivity index (χ1v) is 27.9. The number of aryl methyl sites for hydroxylation is 3. The maximum atomic E-state index is 11.6. The normalized spacial score (nSPS) is 15.5. The van der Waals surface area contributed by atoms with Gasteiger partial charge in [0.1, 0.15) is 28.7 Å². The maximum absolute atomic E-state index is 11.6. The molecule has 0 bridgehead atoms. The summed E-state index contributed by atoms with van der Waals surface area (Å²) in [6, 6.07) is 53.4. The summed E-state index contributed by atoms with van der Waals surface area (Å²) in [4.78, 5) is 56.5. The molecule has 0 aliphatic rings. The third-order valence-corrected chi connectivity index (χ3v) is 13.4. The zero-order chi connectivity index (χ0) is 84.5. The van der Waals surface area contributed by atoms with Crippen LogP contribution in [0.2, 0.25) is 0 Å². The summed E-state index contributed by atoms with van der Waals surface area (Å²) >= 11 is 0. The number of benzene rings is 10. The Kier molecular flexibility index (Phi) is 17.2. The van der Waals surface area contributed by atoms with Crippen molar-refractivity contribution in [2.45, 2.75) is 66.5 Å². The summed E-state index contributed by atoms with van der Waals surface area (Å²) in [6.07, 6.45) is -1.65. The van der Waals surface area contributed by atoms with Crippen LogP contribution in [0.5, 0.6) is 28.7 Å². The van der Waals surface area contributed by atoms with Gasteiger partial charge in [-0.3, -0.25) is 24.0 Å². The molecule has 15 heteroatoms. The lowest BCUT2D eigenvalue weighted by Crippen LogP contribution is -2.22. The quantitative estimate of drug-likeness (QED) is 0.0491. The van der Waals surface area contributed by atoms with Crippen LogP contribution in [0.15, 0.2) is 182 Å². The van der Waals surface area contributed by atoms with E-state index in [0.717, 1.165) is 65.9 Å². The van der Waals surface area contributed by atoms with Gasteiger partial charge in [-0.25, -0.2) is 0 Å². The van der Waals surface area contributed by atoms with Gasteiger partial charge in [0.15, 0.2) is 0 Å². The first-order valence-electron chi connectivity index (χ1n) is 39.4. The number of hydrogen-bond acceptors (Lipinski definition) is 10. The van der Waals surface area contributed by atoms with E-state index >= 15 is 0 Å². The van der Waals surface area contributed by atoms with Gasteiger partial charge in [-0.15, -0.1) is 0 Å². The summed E-state index contributed by atoms with van der Waals surface area (Å²) in [5, 5.41) is 19.4. The number of ether oxygens (including phenoxy) is 5. The molecule has 0 heterocycles. The molecular formula is C75H85N5O10. The molecule has 10 aromatic carbocycles. The topological polar surface area (TPSA) is 192 Å². The highest BCUT2D eigenvalue weighted by Gasteiger charge is 2.09. The summed E-state index contributed by atoms with van der Waals surface area (Å²) in [7, 11) is -0.418. The Morgan fingerprint density at radius 2 is 0.611 bits per heavy atom. The van der Waals surface area contributed by atoms with Gasteiger partial charge in [-0.1, -0.05) is 121 Å². The van der Waals surface area contributed by atoms with Crippen molar-refractivity contribution in [2.24, 2.45) is 0 Å². The average molecular weight is 1240 g/mol. The van der Waals surface area contributed by atoms with Crippen molar-refractivity contribution in [3.8, 4) is 28.7 Å². The van der Waals surface area contributed by atoms with E-state index in [1.165, 1.54) is 27.0 Å². The lowest BCUT2D eigenvalue weighted by Gasteiger charge is -2.08. The van der Waals surface area contributed by atoms with E-state index < -0.39 is 84.1 Å². The molecule has 15 nitrogen and oxygen atoms in total. The van der Waals surface area contributed by atoms with Crippen molar-refractivity contribution < 1.29 is 79.2 Å². The second-order valence-corrected chi connectivity index (χ2v) is 19.5. The Hall–Kier alpha value is -10.2. The molecule has 0 aromatic heterocycles. The predicted octanol–water partition coefficient (Wildman–Crippen LogP) is 12.6. The molecule has 5 amide bonds. The number of hydrogen-bond donors (Lipinski definition) is 5. The van der Waals surface area contributed by atoms with Crippen LogP contribution < -0.4 is 50.3 Å². The molecule has 5 N–H and O–H groups in total. The minimum Gasteiger partial charge on any atom is -0.497 e. The number of fused-ring (bicyclic) bond motifs is 5. The van der Waals surface area contributed by atoms with Gasteiger partial charge < -0.3 is 50.3 Å². The van der Waals surface area contributed by atoms with Gasteiger partial charge in [-0.05, 0) is 174 Å². The predicted molar refractivity (Wildman–Crippen MR) is 364 cm³/mol. The van der Waals surface area contributed by atoms with E-state index in [2.05, 4.69) is 21.3 Å². The van der Waals surface area contributed by atoms with Crippen molar-refractivity contribution in [3.05, 3.63) is 210 Å². The lowest BCUT2D eigenvalue weighted by atomic mass is 10.0. The van der Waals surface area contributed by atoms with Crippen LogP contribution in [0.1, 0.15) is 93.7 Å². The number of carbonyl (C=O) groups excluding carboxylic acids is 5. The van der Waals surface area contributed by atoms with Crippen LogP contribution in [0.4, 0.5) is 0 Å². The van der Waals surface area contributed by atoms with Crippen molar-refractivity contribution in [3.63, 3.8) is 0 Å². The van der Waals surface area contributed by atoms with Crippen molar-refractivity contribution in [1.82, 2.24) is 26.6 Å². The number of amides is 5. The van der Waals surface area contributed by atoms with Crippen LogP contribution in [0, 0.1) is 0 Å². The molecule has 0 radical (unpaired) electrons. The van der Waals surface area contributed by atoms with Crippen LogP contribution in [-0.4, -0.2) is 97.5 Å².